The molecule has 0 radical (unpaired) electrons. The fourth-order valence-corrected chi connectivity index (χ4v) is 3.69. The number of nitro groups is 1. The van der Waals surface area contributed by atoms with Crippen molar-refractivity contribution in [1.82, 2.24) is 9.99 Å². The number of nitro benzene ring substituents is 1. The number of aromatic nitrogens is 1. The van der Waals surface area contributed by atoms with Gasteiger partial charge in [0.2, 0.25) is 0 Å². The molecule has 0 bridgehead atoms. The number of para-hydroxylation sites is 1. The van der Waals surface area contributed by atoms with Crippen LogP contribution >= 0.6 is 0 Å². The maximum absolute atomic E-state index is 12.6. The van der Waals surface area contributed by atoms with Crippen molar-refractivity contribution in [3.8, 4) is 5.75 Å². The normalized spacial score (nSPS) is 11.1. The first kappa shape index (κ1) is 21.8. The monoisotopic (exact) mass is 442 g/mol. The number of non-ortho nitro benzene ring substituents is 1. The van der Waals surface area contributed by atoms with E-state index in [4.69, 9.17) is 4.74 Å². The highest BCUT2D eigenvalue weighted by atomic mass is 16.6. The Morgan fingerprint density at radius 2 is 1.91 bits per heavy atom. The fourth-order valence-electron chi connectivity index (χ4n) is 3.69. The highest BCUT2D eigenvalue weighted by Crippen LogP contribution is 2.24. The molecule has 0 aliphatic carbocycles. The van der Waals surface area contributed by atoms with E-state index < -0.39 is 10.8 Å². The summed E-state index contributed by atoms with van der Waals surface area (Å²) in [6.45, 7) is 2.79. The number of carbonyl (C=O) groups excluding carboxylic acids is 1. The van der Waals surface area contributed by atoms with Gasteiger partial charge in [-0.3, -0.25) is 14.9 Å². The number of nitrogens with one attached hydrogen (secondary N) is 1. The second-order valence-electron chi connectivity index (χ2n) is 7.50. The van der Waals surface area contributed by atoms with Crippen LogP contribution in [0, 0.1) is 17.0 Å². The first-order chi connectivity index (χ1) is 16.0. The molecule has 4 aromatic rings. The van der Waals surface area contributed by atoms with E-state index in [2.05, 4.69) is 34.2 Å². The summed E-state index contributed by atoms with van der Waals surface area (Å²) in [6, 6.07) is 20.0. The molecule has 3 aromatic carbocycles. The van der Waals surface area contributed by atoms with Gasteiger partial charge in [-0.1, -0.05) is 42.5 Å². The van der Waals surface area contributed by atoms with Crippen molar-refractivity contribution in [2.24, 2.45) is 5.10 Å². The van der Waals surface area contributed by atoms with Gasteiger partial charge < -0.3 is 9.30 Å². The fraction of sp³-hybridized carbons (Fsp3) is 0.120. The van der Waals surface area contributed by atoms with Crippen LogP contribution in [0.5, 0.6) is 5.75 Å². The summed E-state index contributed by atoms with van der Waals surface area (Å²) in [4.78, 5) is 23.1. The summed E-state index contributed by atoms with van der Waals surface area (Å²) in [5, 5.41) is 16.1. The van der Waals surface area contributed by atoms with Gasteiger partial charge >= 0.3 is 0 Å². The topological polar surface area (TPSA) is 98.8 Å². The van der Waals surface area contributed by atoms with E-state index in [0.717, 1.165) is 22.5 Å². The Kier molecular flexibility index (Phi) is 6.17. The first-order valence-corrected chi connectivity index (χ1v) is 10.3. The van der Waals surface area contributed by atoms with E-state index in [1.807, 2.05) is 42.6 Å². The molecular weight excluding hydrogens is 420 g/mol. The van der Waals surface area contributed by atoms with Gasteiger partial charge in [0.05, 0.1) is 23.8 Å². The second kappa shape index (κ2) is 9.35. The van der Waals surface area contributed by atoms with Crippen LogP contribution in [0.4, 0.5) is 5.69 Å². The third-order valence-corrected chi connectivity index (χ3v) is 5.43. The first-order valence-electron chi connectivity index (χ1n) is 10.3. The van der Waals surface area contributed by atoms with Crippen molar-refractivity contribution >= 4 is 28.7 Å². The zero-order chi connectivity index (χ0) is 23.4. The number of aryl methyl sites for hydroxylation is 1. The van der Waals surface area contributed by atoms with Crippen LogP contribution in [0.3, 0.4) is 0 Å². The van der Waals surface area contributed by atoms with Crippen LogP contribution in [-0.4, -0.2) is 28.7 Å². The molecular formula is C25H22N4O4. The number of methoxy groups -OCH3 is 1. The maximum atomic E-state index is 12.6. The summed E-state index contributed by atoms with van der Waals surface area (Å²) in [7, 11) is 1.39. The molecule has 8 nitrogen and oxygen atoms in total. The highest BCUT2D eigenvalue weighted by molar-refractivity contribution is 6.01. The number of amides is 1. The molecule has 0 aliphatic rings. The van der Waals surface area contributed by atoms with Crippen molar-refractivity contribution < 1.29 is 14.5 Å². The Morgan fingerprint density at radius 1 is 1.15 bits per heavy atom. The quantitative estimate of drug-likeness (QED) is 0.255. The molecule has 4 rings (SSSR count). The average Bonchev–Trinajstić information content (AvgIpc) is 3.17. The molecule has 0 saturated heterocycles. The molecule has 1 aromatic heterocycles. The van der Waals surface area contributed by atoms with Crippen LogP contribution in [0.2, 0.25) is 0 Å². The van der Waals surface area contributed by atoms with Crippen LogP contribution in [0.1, 0.15) is 27.0 Å². The molecule has 166 valence electrons. The maximum Gasteiger partial charge on any atom is 0.275 e. The van der Waals surface area contributed by atoms with Gasteiger partial charge in [-0.2, -0.15) is 5.10 Å². The third-order valence-electron chi connectivity index (χ3n) is 5.43. The highest BCUT2D eigenvalue weighted by Gasteiger charge is 2.17. The van der Waals surface area contributed by atoms with Crippen molar-refractivity contribution in [3.05, 3.63) is 105 Å². The third kappa shape index (κ3) is 4.59. The molecule has 33 heavy (non-hydrogen) atoms. The average molecular weight is 442 g/mol. The summed E-state index contributed by atoms with van der Waals surface area (Å²) < 4.78 is 7.30. The number of nitrogens with zero attached hydrogens (tertiary/aromatic N) is 3. The summed E-state index contributed by atoms with van der Waals surface area (Å²) in [6.07, 6.45) is 3.55. The lowest BCUT2D eigenvalue weighted by atomic mass is 10.1. The van der Waals surface area contributed by atoms with E-state index in [-0.39, 0.29) is 17.0 Å². The lowest BCUT2D eigenvalue weighted by Gasteiger charge is -2.08. The van der Waals surface area contributed by atoms with Gasteiger partial charge in [0.25, 0.3) is 11.6 Å². The number of fused-ring (bicyclic) bond motifs is 1. The van der Waals surface area contributed by atoms with Crippen LogP contribution in [0.15, 0.2) is 78.0 Å². The lowest BCUT2D eigenvalue weighted by molar-refractivity contribution is -0.384. The van der Waals surface area contributed by atoms with E-state index in [1.165, 1.54) is 30.4 Å². The van der Waals surface area contributed by atoms with Gasteiger partial charge in [0.1, 0.15) is 5.75 Å². The number of hydrazone groups is 1. The smallest absolute Gasteiger partial charge is 0.275 e. The molecule has 0 aliphatic heterocycles. The predicted molar refractivity (Wildman–Crippen MR) is 127 cm³/mol. The minimum atomic E-state index is -0.601. The minimum Gasteiger partial charge on any atom is -0.496 e. The number of hydrogen-bond acceptors (Lipinski definition) is 5. The molecule has 0 unspecified atom stereocenters. The molecule has 0 fully saturated rings. The van der Waals surface area contributed by atoms with Crippen LogP contribution in [0.25, 0.3) is 10.9 Å². The van der Waals surface area contributed by atoms with Gasteiger partial charge in [0.15, 0.2) is 0 Å². The second-order valence-corrected chi connectivity index (χ2v) is 7.50. The number of ether oxygens (including phenoxy) is 1. The predicted octanol–water partition coefficient (Wildman–Crippen LogP) is 4.68. The Hall–Kier alpha value is -4.46. The van der Waals surface area contributed by atoms with Crippen molar-refractivity contribution in [2.75, 3.05) is 7.11 Å². The van der Waals surface area contributed by atoms with E-state index in [9.17, 15) is 14.9 Å². The van der Waals surface area contributed by atoms with Crippen molar-refractivity contribution in [1.29, 1.82) is 0 Å². The number of benzene rings is 3. The molecule has 8 heteroatoms. The lowest BCUT2D eigenvalue weighted by Crippen LogP contribution is -2.18. The Labute approximate surface area is 190 Å². The zero-order valence-corrected chi connectivity index (χ0v) is 18.2. The molecule has 1 N–H and O–H groups in total. The van der Waals surface area contributed by atoms with E-state index in [0.29, 0.717) is 6.54 Å². The Morgan fingerprint density at radius 3 is 2.67 bits per heavy atom. The van der Waals surface area contributed by atoms with Crippen molar-refractivity contribution in [2.45, 2.75) is 13.5 Å². The Balaban J connectivity index is 1.59. The van der Waals surface area contributed by atoms with E-state index >= 15 is 0 Å². The molecule has 1 heterocycles. The summed E-state index contributed by atoms with van der Waals surface area (Å²) >= 11 is 0. The minimum absolute atomic E-state index is 0.0332. The van der Waals surface area contributed by atoms with Crippen LogP contribution < -0.4 is 10.2 Å². The van der Waals surface area contributed by atoms with Crippen LogP contribution in [-0.2, 0) is 6.54 Å². The van der Waals surface area contributed by atoms with Gasteiger partial charge in [-0.25, -0.2) is 5.43 Å². The van der Waals surface area contributed by atoms with Crippen molar-refractivity contribution in [3.63, 3.8) is 0 Å². The van der Waals surface area contributed by atoms with E-state index in [1.54, 1.807) is 6.21 Å². The molecule has 0 spiro atoms. The Bertz CT molecular complexity index is 1370. The van der Waals surface area contributed by atoms with Gasteiger partial charge in [-0.15, -0.1) is 0 Å². The standard InChI is InChI=1S/C25H22N4O4/c1-17-7-3-4-8-18(17)15-28-16-19(21-9-5-6-10-23(21)28)14-26-27-25(30)22-13-20(29(31)32)11-12-24(22)33-2/h3-14,16H,15H2,1-2H3,(H,27,30)/b26-14-. The van der Waals surface area contributed by atoms with Gasteiger partial charge in [-0.05, 0) is 30.2 Å². The molecule has 0 saturated carbocycles. The van der Waals surface area contributed by atoms with Gasteiger partial charge in [0, 0.05) is 41.3 Å². The number of carbonyl (C=O) groups is 1. The largest absolute Gasteiger partial charge is 0.496 e. The number of rotatable bonds is 7. The zero-order valence-electron chi connectivity index (χ0n) is 18.2. The molecule has 1 amide bonds. The molecule has 0 atom stereocenters. The summed E-state index contributed by atoms with van der Waals surface area (Å²) in [5.74, 6) is -0.376. The SMILES string of the molecule is COc1ccc([N+](=O)[O-])cc1C(=O)N/N=C\c1cn(Cc2ccccc2C)c2ccccc12. The number of hydrogen-bond donors (Lipinski definition) is 1. The summed E-state index contributed by atoms with van der Waals surface area (Å²) in [5.41, 5.74) is 6.58.